The van der Waals surface area contributed by atoms with Crippen LogP contribution in [0.15, 0.2) is 30.5 Å². The summed E-state index contributed by atoms with van der Waals surface area (Å²) in [5.41, 5.74) is 4.93. The molecular formula is C16H22N4. The van der Waals surface area contributed by atoms with Crippen molar-refractivity contribution in [1.29, 1.82) is 0 Å². The van der Waals surface area contributed by atoms with E-state index < -0.39 is 0 Å². The predicted molar refractivity (Wildman–Crippen MR) is 81.5 cm³/mol. The summed E-state index contributed by atoms with van der Waals surface area (Å²) >= 11 is 0. The van der Waals surface area contributed by atoms with E-state index in [9.17, 15) is 0 Å². The second kappa shape index (κ2) is 5.77. The molecule has 2 N–H and O–H groups in total. The maximum absolute atomic E-state index is 4.24. The van der Waals surface area contributed by atoms with Gasteiger partial charge in [0.2, 0.25) is 0 Å². The van der Waals surface area contributed by atoms with E-state index in [0.29, 0.717) is 6.04 Å². The molecule has 1 aliphatic rings. The van der Waals surface area contributed by atoms with Crippen LogP contribution in [-0.2, 0) is 6.54 Å². The summed E-state index contributed by atoms with van der Waals surface area (Å²) in [7, 11) is 0. The number of nitrogens with one attached hydrogen (secondary N) is 2. The minimum Gasteiger partial charge on any atom is -0.312 e. The molecule has 1 unspecified atom stereocenters. The van der Waals surface area contributed by atoms with Crippen molar-refractivity contribution in [2.24, 2.45) is 0 Å². The van der Waals surface area contributed by atoms with E-state index in [0.717, 1.165) is 31.9 Å². The van der Waals surface area contributed by atoms with Crippen molar-refractivity contribution in [2.75, 3.05) is 19.6 Å². The van der Waals surface area contributed by atoms with Gasteiger partial charge in [-0.05, 0) is 19.4 Å². The van der Waals surface area contributed by atoms with Crippen LogP contribution in [0.5, 0.6) is 0 Å². The van der Waals surface area contributed by atoms with Gasteiger partial charge in [0.05, 0.1) is 11.9 Å². The lowest BCUT2D eigenvalue weighted by Gasteiger charge is -2.31. The molecule has 1 saturated heterocycles. The average molecular weight is 270 g/mol. The fraction of sp³-hybridized carbons (Fsp3) is 0.438. The van der Waals surface area contributed by atoms with E-state index in [1.165, 1.54) is 16.7 Å². The van der Waals surface area contributed by atoms with E-state index in [1.54, 1.807) is 0 Å². The lowest BCUT2D eigenvalue weighted by Crippen LogP contribution is -2.48. The van der Waals surface area contributed by atoms with Crippen LogP contribution in [0.3, 0.4) is 0 Å². The second-order valence-electron chi connectivity index (χ2n) is 5.73. The van der Waals surface area contributed by atoms with Gasteiger partial charge in [0.25, 0.3) is 0 Å². The highest BCUT2D eigenvalue weighted by atomic mass is 15.2. The predicted octanol–water partition coefficient (Wildman–Crippen LogP) is 2.18. The van der Waals surface area contributed by atoms with Gasteiger partial charge >= 0.3 is 0 Å². The van der Waals surface area contributed by atoms with Gasteiger partial charge in [-0.25, -0.2) is 0 Å². The number of H-pyrrole nitrogens is 1. The summed E-state index contributed by atoms with van der Waals surface area (Å²) in [6.45, 7) is 8.58. The molecule has 1 aromatic heterocycles. The number of hydrogen-bond donors (Lipinski definition) is 2. The summed E-state index contributed by atoms with van der Waals surface area (Å²) < 4.78 is 0. The summed E-state index contributed by atoms with van der Waals surface area (Å²) in [5, 5.41) is 10.9. The molecule has 4 nitrogen and oxygen atoms in total. The lowest BCUT2D eigenvalue weighted by atomic mass is 10.1. The number of nitrogens with zero attached hydrogens (tertiary/aromatic N) is 2. The molecule has 0 radical (unpaired) electrons. The summed E-state index contributed by atoms with van der Waals surface area (Å²) in [6, 6.07) is 9.18. The highest BCUT2D eigenvalue weighted by Crippen LogP contribution is 2.23. The van der Waals surface area contributed by atoms with Crippen LogP contribution < -0.4 is 5.32 Å². The van der Waals surface area contributed by atoms with Crippen LogP contribution in [0, 0.1) is 6.92 Å². The van der Waals surface area contributed by atoms with Gasteiger partial charge < -0.3 is 5.32 Å². The summed E-state index contributed by atoms with van der Waals surface area (Å²) in [5.74, 6) is 0. The number of hydrogen-bond acceptors (Lipinski definition) is 3. The van der Waals surface area contributed by atoms with Crippen molar-refractivity contribution in [3.05, 3.63) is 41.6 Å². The molecule has 1 aliphatic heterocycles. The van der Waals surface area contributed by atoms with Crippen molar-refractivity contribution in [1.82, 2.24) is 20.4 Å². The maximum atomic E-state index is 4.24. The lowest BCUT2D eigenvalue weighted by molar-refractivity contribution is 0.200. The molecule has 4 heteroatoms. The van der Waals surface area contributed by atoms with Crippen LogP contribution in [-0.4, -0.2) is 40.8 Å². The van der Waals surface area contributed by atoms with Crippen molar-refractivity contribution in [2.45, 2.75) is 26.4 Å². The molecule has 0 bridgehead atoms. The zero-order valence-corrected chi connectivity index (χ0v) is 12.2. The van der Waals surface area contributed by atoms with Gasteiger partial charge in [0, 0.05) is 37.8 Å². The van der Waals surface area contributed by atoms with Crippen LogP contribution in [0.4, 0.5) is 0 Å². The van der Waals surface area contributed by atoms with E-state index in [-0.39, 0.29) is 0 Å². The van der Waals surface area contributed by atoms with Crippen molar-refractivity contribution in [3.63, 3.8) is 0 Å². The molecule has 0 amide bonds. The highest BCUT2D eigenvalue weighted by Gasteiger charge is 2.17. The molecule has 1 fully saturated rings. The van der Waals surface area contributed by atoms with Gasteiger partial charge in [-0.1, -0.05) is 29.8 Å². The standard InChI is InChI=1S/C16H22N4/c1-12-3-5-14(6-4-12)16-15(9-18-19-16)11-20-8-7-17-13(2)10-20/h3-6,9,13,17H,7-8,10-11H2,1-2H3,(H,18,19). The molecule has 2 heterocycles. The minimum absolute atomic E-state index is 0.568. The molecule has 0 aliphatic carbocycles. The third kappa shape index (κ3) is 2.92. The Balaban J connectivity index is 1.78. The van der Waals surface area contributed by atoms with Gasteiger partial charge in [0.1, 0.15) is 0 Å². The molecule has 0 spiro atoms. The Morgan fingerprint density at radius 1 is 1.30 bits per heavy atom. The highest BCUT2D eigenvalue weighted by molar-refractivity contribution is 5.62. The Morgan fingerprint density at radius 3 is 2.85 bits per heavy atom. The second-order valence-corrected chi connectivity index (χ2v) is 5.73. The van der Waals surface area contributed by atoms with Crippen molar-refractivity contribution < 1.29 is 0 Å². The monoisotopic (exact) mass is 270 g/mol. The molecule has 1 atom stereocenters. The summed E-state index contributed by atoms with van der Waals surface area (Å²) in [6.07, 6.45) is 1.96. The Morgan fingerprint density at radius 2 is 2.10 bits per heavy atom. The smallest absolute Gasteiger partial charge is 0.0695 e. The molecule has 1 aromatic carbocycles. The van der Waals surface area contributed by atoms with Crippen LogP contribution in [0.25, 0.3) is 11.3 Å². The average Bonchev–Trinajstić information content (AvgIpc) is 2.88. The Bertz CT molecular complexity index is 558. The van der Waals surface area contributed by atoms with E-state index in [2.05, 4.69) is 58.5 Å². The SMILES string of the molecule is Cc1ccc(-c2[nH]ncc2CN2CCNC(C)C2)cc1. The molecule has 106 valence electrons. The Labute approximate surface area is 120 Å². The minimum atomic E-state index is 0.568. The largest absolute Gasteiger partial charge is 0.312 e. The Kier molecular flexibility index (Phi) is 3.85. The maximum Gasteiger partial charge on any atom is 0.0695 e. The first-order valence-corrected chi connectivity index (χ1v) is 7.27. The number of aryl methyl sites for hydroxylation is 1. The first kappa shape index (κ1) is 13.3. The van der Waals surface area contributed by atoms with Crippen molar-refractivity contribution in [3.8, 4) is 11.3 Å². The Hall–Kier alpha value is -1.65. The van der Waals surface area contributed by atoms with Gasteiger partial charge in [-0.3, -0.25) is 10.00 Å². The number of benzene rings is 1. The van der Waals surface area contributed by atoms with Crippen molar-refractivity contribution >= 4 is 0 Å². The van der Waals surface area contributed by atoms with Gasteiger partial charge in [0.15, 0.2) is 0 Å². The van der Waals surface area contributed by atoms with Gasteiger partial charge in [-0.2, -0.15) is 5.10 Å². The molecular weight excluding hydrogens is 248 g/mol. The zero-order chi connectivity index (χ0) is 13.9. The number of aromatic nitrogens is 2. The van der Waals surface area contributed by atoms with Crippen LogP contribution in [0.2, 0.25) is 0 Å². The quantitative estimate of drug-likeness (QED) is 0.898. The number of piperazine rings is 1. The third-order valence-electron chi connectivity index (χ3n) is 3.90. The fourth-order valence-electron chi connectivity index (χ4n) is 2.80. The summed E-state index contributed by atoms with van der Waals surface area (Å²) in [4.78, 5) is 2.49. The normalized spacial score (nSPS) is 20.2. The number of aromatic amines is 1. The molecule has 3 rings (SSSR count). The fourth-order valence-corrected chi connectivity index (χ4v) is 2.80. The number of rotatable bonds is 3. The van der Waals surface area contributed by atoms with Crippen LogP contribution >= 0.6 is 0 Å². The van der Waals surface area contributed by atoms with E-state index in [1.807, 2.05) is 6.20 Å². The third-order valence-corrected chi connectivity index (χ3v) is 3.90. The van der Waals surface area contributed by atoms with Gasteiger partial charge in [-0.15, -0.1) is 0 Å². The first-order chi connectivity index (χ1) is 9.72. The zero-order valence-electron chi connectivity index (χ0n) is 12.2. The van der Waals surface area contributed by atoms with E-state index in [4.69, 9.17) is 0 Å². The first-order valence-electron chi connectivity index (χ1n) is 7.27. The topological polar surface area (TPSA) is 44.0 Å². The molecule has 20 heavy (non-hydrogen) atoms. The molecule has 0 saturated carbocycles. The molecule has 2 aromatic rings. The van der Waals surface area contributed by atoms with Crippen LogP contribution in [0.1, 0.15) is 18.1 Å². The van der Waals surface area contributed by atoms with E-state index >= 15 is 0 Å².